The van der Waals surface area contributed by atoms with Crippen LogP contribution in [0.5, 0.6) is 5.75 Å². The molecule has 218 valence electrons. The van der Waals surface area contributed by atoms with Crippen molar-refractivity contribution in [3.63, 3.8) is 0 Å². The number of ether oxygens (including phenoxy) is 1. The number of likely N-dealkylation sites (N-methyl/N-ethyl adjacent to an activating group) is 1. The number of hydrogen-bond donors (Lipinski definition) is 1. The van der Waals surface area contributed by atoms with Gasteiger partial charge in [-0.2, -0.15) is 9.30 Å². The van der Waals surface area contributed by atoms with Crippen molar-refractivity contribution in [3.8, 4) is 5.75 Å². The van der Waals surface area contributed by atoms with Gasteiger partial charge in [0.15, 0.2) is 11.9 Å². The minimum absolute atomic E-state index is 0.00682. The van der Waals surface area contributed by atoms with E-state index in [1.54, 1.807) is 11.0 Å². The number of carbonyl (C=O) groups is 1. The Morgan fingerprint density at radius 3 is 2.58 bits per heavy atom. The van der Waals surface area contributed by atoms with Gasteiger partial charge in [0.05, 0.1) is 28.9 Å². The van der Waals surface area contributed by atoms with Crippen LogP contribution in [0.4, 0.5) is 0 Å². The molecule has 4 rings (SSSR count). The van der Waals surface area contributed by atoms with E-state index in [9.17, 15) is 28.4 Å². The summed E-state index contributed by atoms with van der Waals surface area (Å²) in [5.41, 5.74) is 1.89. The molecule has 2 atom stereocenters. The Labute approximate surface area is 233 Å². The normalized spacial score (nSPS) is 20.9. The van der Waals surface area contributed by atoms with Gasteiger partial charge in [0.1, 0.15) is 12.4 Å². The number of rotatable bonds is 12. The van der Waals surface area contributed by atoms with Crippen molar-refractivity contribution in [3.05, 3.63) is 45.6 Å². The molecule has 13 nitrogen and oxygen atoms in total. The number of aliphatic hydroxyl groups excluding tert-OH is 1. The minimum atomic E-state index is -3.95. The second-order valence-corrected chi connectivity index (χ2v) is 12.0. The van der Waals surface area contributed by atoms with Gasteiger partial charge >= 0.3 is 0 Å². The van der Waals surface area contributed by atoms with Gasteiger partial charge in [0.25, 0.3) is 11.0 Å². The van der Waals surface area contributed by atoms with Crippen LogP contribution in [0.25, 0.3) is 0 Å². The van der Waals surface area contributed by atoms with Crippen LogP contribution in [0.15, 0.2) is 44.9 Å². The van der Waals surface area contributed by atoms with E-state index < -0.39 is 33.9 Å². The van der Waals surface area contributed by atoms with Crippen molar-refractivity contribution in [2.45, 2.75) is 63.0 Å². The van der Waals surface area contributed by atoms with Crippen LogP contribution in [0, 0.1) is 16.0 Å². The average molecular weight is 578 g/mol. The number of sulfonamides is 1. The van der Waals surface area contributed by atoms with Crippen LogP contribution in [0.3, 0.4) is 0 Å². The molecule has 1 N–H and O–H groups in total. The highest BCUT2D eigenvalue weighted by molar-refractivity contribution is 7.89. The fourth-order valence-corrected chi connectivity index (χ4v) is 6.67. The fourth-order valence-electron chi connectivity index (χ4n) is 5.17. The lowest BCUT2D eigenvalue weighted by Crippen LogP contribution is -2.42. The summed E-state index contributed by atoms with van der Waals surface area (Å²) in [5, 5.41) is 19.7. The van der Waals surface area contributed by atoms with Gasteiger partial charge in [-0.1, -0.05) is 20.3 Å². The molecule has 14 heteroatoms. The summed E-state index contributed by atoms with van der Waals surface area (Å²) in [7, 11) is -2.14. The van der Waals surface area contributed by atoms with Crippen molar-refractivity contribution >= 4 is 27.5 Å². The van der Waals surface area contributed by atoms with E-state index >= 15 is 0 Å². The number of aliphatic imine (C=N–C) groups is 2. The largest absolute Gasteiger partial charge is 0.493 e. The van der Waals surface area contributed by atoms with Crippen LogP contribution in [0.1, 0.15) is 51.5 Å². The van der Waals surface area contributed by atoms with E-state index in [4.69, 9.17) is 9.73 Å². The molecule has 3 aliphatic rings. The number of benzene rings is 1. The maximum absolute atomic E-state index is 13.6. The maximum Gasteiger partial charge on any atom is 0.294 e. The number of hydrogen-bond acceptors (Lipinski definition) is 10. The number of fused-ring (bicyclic) bond motifs is 1. The van der Waals surface area contributed by atoms with Gasteiger partial charge in [0.2, 0.25) is 10.0 Å². The lowest BCUT2D eigenvalue weighted by molar-refractivity contribution is -0.759. The number of aliphatic hydroxyl groups is 1. The van der Waals surface area contributed by atoms with Gasteiger partial charge in [0, 0.05) is 26.3 Å². The first-order chi connectivity index (χ1) is 19.1. The van der Waals surface area contributed by atoms with Gasteiger partial charge < -0.3 is 19.6 Å². The Morgan fingerprint density at radius 2 is 1.93 bits per heavy atom. The lowest BCUT2D eigenvalue weighted by Gasteiger charge is -2.33. The monoisotopic (exact) mass is 577 g/mol. The molecule has 0 saturated carbocycles. The smallest absolute Gasteiger partial charge is 0.294 e. The Kier molecular flexibility index (Phi) is 9.21. The van der Waals surface area contributed by atoms with Crippen LogP contribution >= 0.6 is 0 Å². The lowest BCUT2D eigenvalue weighted by atomic mass is 9.93. The Morgan fingerprint density at radius 1 is 1.20 bits per heavy atom. The number of amidine groups is 1. The van der Waals surface area contributed by atoms with Crippen LogP contribution in [0.2, 0.25) is 0 Å². The molecule has 1 amide bonds. The molecule has 3 aliphatic heterocycles. The van der Waals surface area contributed by atoms with E-state index in [2.05, 4.69) is 9.83 Å². The predicted octanol–water partition coefficient (Wildman–Crippen LogP) is 2.17. The van der Waals surface area contributed by atoms with Crippen molar-refractivity contribution < 1.29 is 33.0 Å². The molecular weight excluding hydrogens is 542 g/mol. The SMILES string of the molecule is CCCOc1ccc(S(=O)(=O)N2CCC([C@@H](O)CO[N+](=O)[O-])CC2)cc1C1=NC(=O)C2C(=N1)C(CCC)=CN2C. The van der Waals surface area contributed by atoms with E-state index in [0.717, 1.165) is 24.8 Å². The number of nitrogens with zero attached hydrogens (tertiary/aromatic N) is 5. The summed E-state index contributed by atoms with van der Waals surface area (Å²) in [6, 6.07) is 3.88. The number of carbonyl (C=O) groups excluding carboxylic acids is 1. The average Bonchev–Trinajstić information content (AvgIpc) is 3.25. The molecule has 0 spiro atoms. The van der Waals surface area contributed by atoms with Gasteiger partial charge in [-0.05, 0) is 55.4 Å². The van der Waals surface area contributed by atoms with Gasteiger partial charge in [-0.15, -0.1) is 10.1 Å². The first kappa shape index (κ1) is 29.6. The summed E-state index contributed by atoms with van der Waals surface area (Å²) in [5.74, 6) is -0.200. The van der Waals surface area contributed by atoms with Crippen LogP contribution < -0.4 is 4.74 Å². The van der Waals surface area contributed by atoms with E-state index in [0.29, 0.717) is 36.5 Å². The zero-order valence-corrected chi connectivity index (χ0v) is 23.7. The molecule has 1 aromatic carbocycles. The van der Waals surface area contributed by atoms with Crippen molar-refractivity contribution in [1.82, 2.24) is 9.21 Å². The molecule has 1 unspecified atom stereocenters. The second kappa shape index (κ2) is 12.4. The Balaban J connectivity index is 1.61. The van der Waals surface area contributed by atoms with E-state index in [1.165, 1.54) is 16.4 Å². The highest BCUT2D eigenvalue weighted by atomic mass is 32.2. The van der Waals surface area contributed by atoms with E-state index in [1.807, 2.05) is 27.1 Å². The molecule has 1 aromatic rings. The molecular formula is C26H35N5O8S. The molecule has 0 radical (unpaired) electrons. The first-order valence-electron chi connectivity index (χ1n) is 13.4. The molecule has 3 heterocycles. The highest BCUT2D eigenvalue weighted by Gasteiger charge is 2.39. The van der Waals surface area contributed by atoms with Gasteiger partial charge in [-0.3, -0.25) is 4.79 Å². The van der Waals surface area contributed by atoms with Crippen molar-refractivity contribution in [2.75, 3.05) is 33.4 Å². The zero-order valence-electron chi connectivity index (χ0n) is 22.9. The van der Waals surface area contributed by atoms with Crippen molar-refractivity contribution in [2.24, 2.45) is 15.9 Å². The molecule has 0 bridgehead atoms. The number of amides is 1. The standard InChI is InChI=1S/C26H35N5O8S/c1-4-6-18-15-29(3)24-23(18)27-25(28-26(24)33)20-14-19(7-8-22(20)38-13-5-2)40(36,37)30-11-9-17(10-12-30)21(32)16-39-31(34)35/h7-8,14-15,17,21,24,32H,4-6,9-13,16H2,1-3H3/t21-,24?/m0/s1. The molecule has 1 saturated heterocycles. The Bertz CT molecular complexity index is 1330. The topological polar surface area (TPSA) is 164 Å². The van der Waals surface area contributed by atoms with Crippen molar-refractivity contribution in [1.29, 1.82) is 0 Å². The van der Waals surface area contributed by atoms with Gasteiger partial charge in [-0.25, -0.2) is 13.4 Å². The second-order valence-electron chi connectivity index (χ2n) is 10.1. The predicted molar refractivity (Wildman–Crippen MR) is 146 cm³/mol. The summed E-state index contributed by atoms with van der Waals surface area (Å²) in [4.78, 5) is 38.5. The zero-order chi connectivity index (χ0) is 29.0. The third-order valence-electron chi connectivity index (χ3n) is 7.24. The molecule has 0 aliphatic carbocycles. The molecule has 0 aromatic heterocycles. The third kappa shape index (κ3) is 6.18. The van der Waals surface area contributed by atoms with Crippen LogP contribution in [-0.4, -0.2) is 90.8 Å². The summed E-state index contributed by atoms with van der Waals surface area (Å²) < 4.78 is 34.4. The third-order valence-corrected chi connectivity index (χ3v) is 9.13. The first-order valence-corrected chi connectivity index (χ1v) is 14.9. The summed E-state index contributed by atoms with van der Waals surface area (Å²) >= 11 is 0. The van der Waals surface area contributed by atoms with Crippen LogP contribution in [-0.2, 0) is 19.7 Å². The molecule has 1 fully saturated rings. The quantitative estimate of drug-likeness (QED) is 0.289. The molecule has 40 heavy (non-hydrogen) atoms. The van der Waals surface area contributed by atoms with E-state index in [-0.39, 0.29) is 35.6 Å². The minimum Gasteiger partial charge on any atom is -0.493 e. The maximum atomic E-state index is 13.6. The fraction of sp³-hybridized carbons (Fsp3) is 0.577. The number of piperidine rings is 1. The Hall–Kier alpha value is -3.36. The summed E-state index contributed by atoms with van der Waals surface area (Å²) in [6.07, 6.45) is 3.83. The highest BCUT2D eigenvalue weighted by Crippen LogP contribution is 2.32. The summed E-state index contributed by atoms with van der Waals surface area (Å²) in [6.45, 7) is 4.19.